The summed E-state index contributed by atoms with van der Waals surface area (Å²) >= 11 is 0. The van der Waals surface area contributed by atoms with Gasteiger partial charge in [0, 0.05) is 26.2 Å². The van der Waals surface area contributed by atoms with Gasteiger partial charge in [0.25, 0.3) is 0 Å². The molecule has 0 bridgehead atoms. The highest BCUT2D eigenvalue weighted by molar-refractivity contribution is 7.88. The van der Waals surface area contributed by atoms with E-state index in [1.807, 2.05) is 60.7 Å². The number of carbonyl (C=O) groups excluding carboxylic acids is 2. The molecule has 0 spiro atoms. The molecule has 1 heterocycles. The van der Waals surface area contributed by atoms with Crippen molar-refractivity contribution in [1.29, 1.82) is 0 Å². The fourth-order valence-corrected chi connectivity index (χ4v) is 5.52. The zero-order valence-electron chi connectivity index (χ0n) is 23.4. The fourth-order valence-electron chi connectivity index (χ4n) is 4.79. The smallest absolute Gasteiger partial charge is 0.247 e. The third kappa shape index (κ3) is 8.63. The molecule has 3 aromatic rings. The Bertz CT molecular complexity index is 1380. The van der Waals surface area contributed by atoms with E-state index >= 15 is 0 Å². The van der Waals surface area contributed by atoms with Gasteiger partial charge in [-0.1, -0.05) is 72.8 Å². The van der Waals surface area contributed by atoms with Crippen LogP contribution < -0.4 is 10.1 Å². The maximum atomic E-state index is 14.1. The second kappa shape index (κ2) is 14.2. The highest BCUT2D eigenvalue weighted by Crippen LogP contribution is 2.26. The van der Waals surface area contributed by atoms with Crippen molar-refractivity contribution < 1.29 is 27.5 Å². The molecule has 2 atom stereocenters. The van der Waals surface area contributed by atoms with Gasteiger partial charge < -0.3 is 19.7 Å². The van der Waals surface area contributed by atoms with Crippen molar-refractivity contribution in [3.05, 3.63) is 102 Å². The number of benzene rings is 3. The lowest BCUT2D eigenvalue weighted by Crippen LogP contribution is -2.48. The predicted molar refractivity (Wildman–Crippen MR) is 156 cm³/mol. The number of carbonyl (C=O) groups is 2. The molecule has 1 N–H and O–H groups in total. The number of nitrogens with zero attached hydrogens (tertiary/aromatic N) is 2. The van der Waals surface area contributed by atoms with E-state index in [2.05, 4.69) is 5.32 Å². The molecule has 1 aliphatic heterocycles. The molecule has 1 fully saturated rings. The Morgan fingerprint density at radius 2 is 1.59 bits per heavy atom. The van der Waals surface area contributed by atoms with Crippen molar-refractivity contribution in [2.45, 2.75) is 38.1 Å². The summed E-state index contributed by atoms with van der Waals surface area (Å²) < 4.78 is 37.7. The molecule has 9 nitrogen and oxygen atoms in total. The second-order valence-electron chi connectivity index (χ2n) is 10.1. The minimum Gasteiger partial charge on any atom is -0.497 e. The first-order valence-corrected chi connectivity index (χ1v) is 15.4. The van der Waals surface area contributed by atoms with E-state index in [9.17, 15) is 18.0 Å². The zero-order chi connectivity index (χ0) is 29.2. The van der Waals surface area contributed by atoms with Gasteiger partial charge in [-0.25, -0.2) is 8.42 Å². The van der Waals surface area contributed by atoms with Gasteiger partial charge in [0.2, 0.25) is 21.8 Å². The van der Waals surface area contributed by atoms with Crippen LogP contribution in [-0.4, -0.2) is 68.6 Å². The van der Waals surface area contributed by atoms with Crippen LogP contribution in [0.4, 0.5) is 0 Å². The van der Waals surface area contributed by atoms with Crippen molar-refractivity contribution in [3.8, 4) is 5.75 Å². The maximum Gasteiger partial charge on any atom is 0.247 e. The van der Waals surface area contributed by atoms with E-state index in [0.717, 1.165) is 34.5 Å². The molecule has 3 aromatic carbocycles. The molecular formula is C31H37N3O6S. The summed E-state index contributed by atoms with van der Waals surface area (Å²) in [5.74, 6) is -0.197. The highest BCUT2D eigenvalue weighted by atomic mass is 32.2. The third-order valence-corrected chi connectivity index (χ3v) is 8.21. The molecule has 0 aliphatic carbocycles. The molecular weight excluding hydrogens is 542 g/mol. The predicted octanol–water partition coefficient (Wildman–Crippen LogP) is 3.52. The van der Waals surface area contributed by atoms with Gasteiger partial charge in [-0.2, -0.15) is 4.31 Å². The summed E-state index contributed by atoms with van der Waals surface area (Å²) in [7, 11) is -2.18. The Labute approximate surface area is 242 Å². The quantitative estimate of drug-likeness (QED) is 0.332. The Morgan fingerprint density at radius 1 is 0.951 bits per heavy atom. The SMILES string of the molecule is COc1ccc(CN(C(=O)CN(Cc2ccccc2)S(C)(=O)=O)C(C(=O)NCC2CCCO2)c2ccccc2)cc1. The van der Waals surface area contributed by atoms with Crippen molar-refractivity contribution in [2.24, 2.45) is 0 Å². The monoisotopic (exact) mass is 579 g/mol. The molecule has 0 aromatic heterocycles. The highest BCUT2D eigenvalue weighted by Gasteiger charge is 2.34. The molecule has 41 heavy (non-hydrogen) atoms. The average Bonchev–Trinajstić information content (AvgIpc) is 3.50. The van der Waals surface area contributed by atoms with Crippen LogP contribution in [0.2, 0.25) is 0 Å². The number of rotatable bonds is 13. The normalized spacial score (nSPS) is 15.8. The number of hydrogen-bond donors (Lipinski definition) is 1. The number of nitrogens with one attached hydrogen (secondary N) is 1. The van der Waals surface area contributed by atoms with Crippen LogP contribution in [0, 0.1) is 0 Å². The topological polar surface area (TPSA) is 105 Å². The number of amides is 2. The third-order valence-electron chi connectivity index (χ3n) is 7.02. The van der Waals surface area contributed by atoms with Crippen molar-refractivity contribution in [2.75, 3.05) is 33.1 Å². The number of methoxy groups -OCH3 is 1. The summed E-state index contributed by atoms with van der Waals surface area (Å²) in [6.45, 7) is 0.678. The van der Waals surface area contributed by atoms with Crippen molar-refractivity contribution in [1.82, 2.24) is 14.5 Å². The largest absolute Gasteiger partial charge is 0.497 e. The summed E-state index contributed by atoms with van der Waals surface area (Å²) in [6, 6.07) is 24.4. The van der Waals surface area contributed by atoms with E-state index in [-0.39, 0.29) is 25.1 Å². The van der Waals surface area contributed by atoms with Crippen LogP contribution in [0.15, 0.2) is 84.9 Å². The standard InChI is InChI=1S/C31H37N3O6S/c1-39-27-17-15-25(16-18-27)22-34(29(35)23-33(41(2,37)38)21-24-10-5-3-6-11-24)30(26-12-7-4-8-13-26)31(36)32-20-28-14-9-19-40-28/h3-8,10-13,15-18,28,30H,9,14,19-23H2,1-2H3,(H,32,36). The van der Waals surface area contributed by atoms with Crippen LogP contribution in [0.25, 0.3) is 0 Å². The fraction of sp³-hybridized carbons (Fsp3) is 0.355. The molecule has 10 heteroatoms. The maximum absolute atomic E-state index is 14.1. The van der Waals surface area contributed by atoms with Crippen molar-refractivity contribution in [3.63, 3.8) is 0 Å². The summed E-state index contributed by atoms with van der Waals surface area (Å²) in [5.41, 5.74) is 2.13. The molecule has 0 radical (unpaired) electrons. The van der Waals surface area contributed by atoms with Crippen LogP contribution >= 0.6 is 0 Å². The lowest BCUT2D eigenvalue weighted by Gasteiger charge is -2.33. The minimum atomic E-state index is -3.75. The van der Waals surface area contributed by atoms with Gasteiger partial charge in [0.1, 0.15) is 11.8 Å². The molecule has 2 amide bonds. The molecule has 0 saturated carbocycles. The number of ether oxygens (including phenoxy) is 2. The van der Waals surface area contributed by atoms with E-state index < -0.39 is 28.5 Å². The van der Waals surface area contributed by atoms with Gasteiger partial charge >= 0.3 is 0 Å². The minimum absolute atomic E-state index is 0.0308. The summed E-state index contributed by atoms with van der Waals surface area (Å²) in [4.78, 5) is 29.3. The van der Waals surface area contributed by atoms with Gasteiger partial charge in [-0.15, -0.1) is 0 Å². The lowest BCUT2D eigenvalue weighted by molar-refractivity contribution is -0.142. The molecule has 4 rings (SSSR count). The van der Waals surface area contributed by atoms with Gasteiger partial charge in [-0.05, 0) is 41.7 Å². The number of sulfonamides is 1. The van der Waals surface area contributed by atoms with Crippen LogP contribution in [-0.2, 0) is 37.4 Å². The van der Waals surface area contributed by atoms with Crippen LogP contribution in [0.3, 0.4) is 0 Å². The van der Waals surface area contributed by atoms with Gasteiger partial charge in [0.15, 0.2) is 0 Å². The van der Waals surface area contributed by atoms with E-state index in [1.54, 1.807) is 31.4 Å². The number of hydrogen-bond acceptors (Lipinski definition) is 6. The Hall–Kier alpha value is -3.73. The average molecular weight is 580 g/mol. The van der Waals surface area contributed by atoms with Crippen LogP contribution in [0.5, 0.6) is 5.75 Å². The summed E-state index contributed by atoms with van der Waals surface area (Å²) in [6.07, 6.45) is 2.80. The first kappa shape index (κ1) is 30.2. The Kier molecular flexibility index (Phi) is 10.5. The van der Waals surface area contributed by atoms with E-state index in [4.69, 9.17) is 9.47 Å². The first-order valence-electron chi connectivity index (χ1n) is 13.6. The first-order chi connectivity index (χ1) is 19.7. The van der Waals surface area contributed by atoms with Crippen LogP contribution in [0.1, 0.15) is 35.6 Å². The summed E-state index contributed by atoms with van der Waals surface area (Å²) in [5, 5.41) is 2.98. The van der Waals surface area contributed by atoms with Gasteiger partial charge in [0.05, 0.1) is 26.0 Å². The Balaban J connectivity index is 1.67. The molecule has 1 saturated heterocycles. The molecule has 2 unspecified atom stereocenters. The van der Waals surface area contributed by atoms with E-state index in [0.29, 0.717) is 24.5 Å². The van der Waals surface area contributed by atoms with E-state index in [1.165, 1.54) is 4.90 Å². The Morgan fingerprint density at radius 3 is 2.17 bits per heavy atom. The molecule has 1 aliphatic rings. The van der Waals surface area contributed by atoms with Gasteiger partial charge in [-0.3, -0.25) is 9.59 Å². The van der Waals surface area contributed by atoms with Crippen molar-refractivity contribution >= 4 is 21.8 Å². The lowest BCUT2D eigenvalue weighted by atomic mass is 10.0. The second-order valence-corrected chi connectivity index (χ2v) is 12.1. The zero-order valence-corrected chi connectivity index (χ0v) is 24.3. The molecule has 218 valence electrons.